The lowest BCUT2D eigenvalue weighted by Gasteiger charge is -2.11. The third kappa shape index (κ3) is 5.36. The van der Waals surface area contributed by atoms with Crippen molar-refractivity contribution in [3.63, 3.8) is 0 Å². The zero-order chi connectivity index (χ0) is 9.78. The topological polar surface area (TPSA) is 40.5 Å². The van der Waals surface area contributed by atoms with Gasteiger partial charge < -0.3 is 10.2 Å². The first kappa shape index (κ1) is 11.7. The average molecular weight is 186 g/mol. The number of rotatable bonds is 2. The smallest absolute Gasteiger partial charge is 0.129 e. The molecule has 2 nitrogen and oxygen atoms in total. The maximum atomic E-state index is 9.37. The predicted octanol–water partition coefficient (Wildman–Crippen LogP) is 0.856. The van der Waals surface area contributed by atoms with E-state index in [0.717, 1.165) is 0 Å². The molecule has 0 spiro atoms. The van der Waals surface area contributed by atoms with Crippen molar-refractivity contribution in [1.29, 1.82) is 0 Å². The number of aliphatic hydroxyl groups is 2. The molecular weight excluding hydrogens is 168 g/mol. The summed E-state index contributed by atoms with van der Waals surface area (Å²) in [5.74, 6) is 2.64. The van der Waals surface area contributed by atoms with Gasteiger partial charge in [-0.3, -0.25) is 0 Å². The largest absolute Gasteiger partial charge is 0.396 e. The van der Waals surface area contributed by atoms with Gasteiger partial charge in [-0.2, -0.15) is 0 Å². The summed E-state index contributed by atoms with van der Waals surface area (Å²) in [4.78, 5) is 0. The Kier molecular flexibility index (Phi) is 4.54. The summed E-state index contributed by atoms with van der Waals surface area (Å²) in [6.07, 6.45) is -0.679. The van der Waals surface area contributed by atoms with Gasteiger partial charge in [0.1, 0.15) is 14.2 Å². The maximum Gasteiger partial charge on any atom is 0.129 e. The van der Waals surface area contributed by atoms with Crippen molar-refractivity contribution in [2.45, 2.75) is 32.7 Å². The van der Waals surface area contributed by atoms with Crippen molar-refractivity contribution >= 4 is 8.07 Å². The van der Waals surface area contributed by atoms with Gasteiger partial charge in [-0.15, -0.1) is 5.54 Å². The van der Waals surface area contributed by atoms with Crippen LogP contribution in [0.3, 0.4) is 0 Å². The lowest BCUT2D eigenvalue weighted by Crippen LogP contribution is -2.22. The molecule has 0 fully saturated rings. The Balaban J connectivity index is 4.13. The molecule has 0 bridgehead atoms. The van der Waals surface area contributed by atoms with Gasteiger partial charge in [0.05, 0.1) is 0 Å². The molecule has 0 rings (SSSR count). The molecule has 70 valence electrons. The molecule has 0 radical (unpaired) electrons. The Morgan fingerprint density at radius 3 is 2.17 bits per heavy atom. The van der Waals surface area contributed by atoms with E-state index in [0.29, 0.717) is 0 Å². The molecule has 0 aliphatic carbocycles. The first-order chi connectivity index (χ1) is 5.37. The summed E-state index contributed by atoms with van der Waals surface area (Å²) >= 11 is 0. The minimum Gasteiger partial charge on any atom is -0.396 e. The van der Waals surface area contributed by atoms with Crippen molar-refractivity contribution < 1.29 is 10.2 Å². The van der Waals surface area contributed by atoms with Crippen LogP contribution in [0.25, 0.3) is 0 Å². The zero-order valence-corrected chi connectivity index (χ0v) is 9.26. The lowest BCUT2D eigenvalue weighted by molar-refractivity contribution is 0.118. The first-order valence-electron chi connectivity index (χ1n) is 4.18. The number of hydrogen-bond acceptors (Lipinski definition) is 2. The van der Waals surface area contributed by atoms with Crippen LogP contribution in [-0.4, -0.2) is 31.0 Å². The van der Waals surface area contributed by atoms with Crippen molar-refractivity contribution in [2.75, 3.05) is 6.61 Å². The van der Waals surface area contributed by atoms with Gasteiger partial charge in [-0.25, -0.2) is 0 Å². The molecule has 3 heteroatoms. The van der Waals surface area contributed by atoms with Gasteiger partial charge in [-0.05, 0) is 0 Å². The monoisotopic (exact) mass is 186 g/mol. The van der Waals surface area contributed by atoms with Gasteiger partial charge in [0.25, 0.3) is 0 Å². The highest BCUT2D eigenvalue weighted by Crippen LogP contribution is 2.02. The molecule has 0 aromatic heterocycles. The minimum absolute atomic E-state index is 0.0124. The second kappa shape index (κ2) is 4.66. The standard InChI is InChI=1S/C9H18O2Si/c1-8(7-10)9(11)5-6-12(2,3)4/h8-11H,7H2,1-4H3/t8-,9+/m0/s1. The van der Waals surface area contributed by atoms with E-state index in [2.05, 4.69) is 31.1 Å². The Labute approximate surface area is 75.6 Å². The van der Waals surface area contributed by atoms with Gasteiger partial charge in [0, 0.05) is 12.5 Å². The van der Waals surface area contributed by atoms with Crippen molar-refractivity contribution in [1.82, 2.24) is 0 Å². The van der Waals surface area contributed by atoms with Crippen LogP contribution in [0.15, 0.2) is 0 Å². The molecule has 2 atom stereocenters. The molecule has 0 aromatic carbocycles. The fourth-order valence-electron chi connectivity index (χ4n) is 0.533. The Bertz CT molecular complexity index is 185. The number of hydrogen-bond donors (Lipinski definition) is 2. The van der Waals surface area contributed by atoms with Crippen LogP contribution in [0.4, 0.5) is 0 Å². The Hall–Kier alpha value is -0.303. The Morgan fingerprint density at radius 2 is 1.83 bits per heavy atom. The van der Waals surface area contributed by atoms with E-state index in [-0.39, 0.29) is 12.5 Å². The molecule has 0 unspecified atom stereocenters. The third-order valence-corrected chi connectivity index (χ3v) is 2.32. The van der Waals surface area contributed by atoms with Gasteiger partial charge in [0.15, 0.2) is 0 Å². The van der Waals surface area contributed by atoms with Crippen LogP contribution in [-0.2, 0) is 0 Å². The molecule has 0 heterocycles. The highest BCUT2D eigenvalue weighted by Gasteiger charge is 2.12. The summed E-state index contributed by atoms with van der Waals surface area (Å²) in [5.41, 5.74) is 3.06. The molecule has 0 aliphatic rings. The van der Waals surface area contributed by atoms with E-state index in [1.54, 1.807) is 6.92 Å². The summed E-state index contributed by atoms with van der Waals surface area (Å²) in [5, 5.41) is 18.1. The van der Waals surface area contributed by atoms with Crippen molar-refractivity contribution in [3.8, 4) is 11.5 Å². The fraction of sp³-hybridized carbons (Fsp3) is 0.778. The van der Waals surface area contributed by atoms with E-state index in [9.17, 15) is 5.11 Å². The van der Waals surface area contributed by atoms with Crippen LogP contribution >= 0.6 is 0 Å². The van der Waals surface area contributed by atoms with E-state index in [4.69, 9.17) is 5.11 Å². The molecule has 0 aromatic rings. The second-order valence-electron chi connectivity index (χ2n) is 4.12. The van der Waals surface area contributed by atoms with Crippen LogP contribution < -0.4 is 0 Å². The summed E-state index contributed by atoms with van der Waals surface area (Å²) < 4.78 is 0. The lowest BCUT2D eigenvalue weighted by atomic mass is 10.1. The number of aliphatic hydroxyl groups excluding tert-OH is 2. The molecule has 2 N–H and O–H groups in total. The Morgan fingerprint density at radius 1 is 1.33 bits per heavy atom. The molecule has 0 saturated heterocycles. The van der Waals surface area contributed by atoms with E-state index >= 15 is 0 Å². The second-order valence-corrected chi connectivity index (χ2v) is 8.87. The van der Waals surface area contributed by atoms with Crippen LogP contribution in [0.2, 0.25) is 19.6 Å². The SMILES string of the molecule is C[C@@H](CO)[C@H](O)C#C[Si](C)(C)C. The average Bonchev–Trinajstić information content (AvgIpc) is 1.97. The van der Waals surface area contributed by atoms with Crippen molar-refractivity contribution in [2.24, 2.45) is 5.92 Å². The summed E-state index contributed by atoms with van der Waals surface area (Å²) in [7, 11) is -1.38. The molecule has 0 aliphatic heterocycles. The zero-order valence-electron chi connectivity index (χ0n) is 8.26. The quantitative estimate of drug-likeness (QED) is 0.496. The molecule has 12 heavy (non-hydrogen) atoms. The normalized spacial score (nSPS) is 16.2. The van der Waals surface area contributed by atoms with Crippen LogP contribution in [0.5, 0.6) is 0 Å². The molecule has 0 amide bonds. The van der Waals surface area contributed by atoms with E-state index < -0.39 is 14.2 Å². The predicted molar refractivity (Wildman–Crippen MR) is 53.4 cm³/mol. The van der Waals surface area contributed by atoms with Gasteiger partial charge in [-0.1, -0.05) is 32.5 Å². The highest BCUT2D eigenvalue weighted by molar-refractivity contribution is 6.83. The summed E-state index contributed by atoms with van der Waals surface area (Å²) in [6, 6.07) is 0. The van der Waals surface area contributed by atoms with Crippen LogP contribution in [0, 0.1) is 17.4 Å². The van der Waals surface area contributed by atoms with Gasteiger partial charge in [0.2, 0.25) is 0 Å². The minimum atomic E-state index is -1.38. The highest BCUT2D eigenvalue weighted by atomic mass is 28.3. The first-order valence-corrected chi connectivity index (χ1v) is 7.68. The maximum absolute atomic E-state index is 9.37. The van der Waals surface area contributed by atoms with E-state index in [1.807, 2.05) is 0 Å². The van der Waals surface area contributed by atoms with Gasteiger partial charge >= 0.3 is 0 Å². The molecule has 0 saturated carbocycles. The van der Waals surface area contributed by atoms with E-state index in [1.165, 1.54) is 0 Å². The van der Waals surface area contributed by atoms with Crippen molar-refractivity contribution in [3.05, 3.63) is 0 Å². The molecular formula is C9H18O2Si. The summed E-state index contributed by atoms with van der Waals surface area (Å²) in [6.45, 7) is 8.13. The fourth-order valence-corrected chi connectivity index (χ4v) is 1.11. The third-order valence-electron chi connectivity index (χ3n) is 1.42. The van der Waals surface area contributed by atoms with Crippen LogP contribution in [0.1, 0.15) is 6.92 Å².